The molecule has 0 aromatic heterocycles. The molecule has 0 spiro atoms. The zero-order valence-corrected chi connectivity index (χ0v) is 10.6. The molecule has 0 heterocycles. The van der Waals surface area contributed by atoms with Crippen molar-refractivity contribution < 1.29 is 31.4 Å². The first-order valence-electron chi connectivity index (χ1n) is 2.51. The second kappa shape index (κ2) is 6.51. The quantitative estimate of drug-likeness (QED) is 0.397. The monoisotopic (exact) mass is 260 g/mol. The zero-order chi connectivity index (χ0) is 9.28. The minimum Gasteiger partial charge on any atom is -0.748 e. The summed E-state index contributed by atoms with van der Waals surface area (Å²) in [7, 11) is -9.30. The van der Waals surface area contributed by atoms with Crippen molar-refractivity contribution in [1.82, 2.24) is 0 Å². The van der Waals surface area contributed by atoms with Crippen molar-refractivity contribution in [2.75, 3.05) is 5.75 Å². The van der Waals surface area contributed by atoms with Crippen LogP contribution in [0.15, 0.2) is 0 Å². The fourth-order valence-electron chi connectivity index (χ4n) is 0.371. The van der Waals surface area contributed by atoms with Crippen molar-refractivity contribution in [3.63, 3.8) is 0 Å². The topological polar surface area (TPSA) is 146 Å². The largest absolute Gasteiger partial charge is 2.00 e. The van der Waals surface area contributed by atoms with Gasteiger partial charge >= 0.3 is 37.7 Å². The fourth-order valence-corrected chi connectivity index (χ4v) is 2.11. The van der Waals surface area contributed by atoms with Gasteiger partial charge in [0.1, 0.15) is 0 Å². The van der Waals surface area contributed by atoms with Gasteiger partial charge in [0.25, 0.3) is 0 Å². The predicted octanol–water partition coefficient (Wildman–Crippen LogP) is -2.74. The molecule has 0 aromatic rings. The molecular formula is C3H8CaO7S2. The van der Waals surface area contributed by atoms with E-state index in [2.05, 4.69) is 0 Å². The van der Waals surface area contributed by atoms with Crippen LogP contribution in [0.25, 0.3) is 0 Å². The Kier molecular flexibility index (Phi) is 9.81. The summed E-state index contributed by atoms with van der Waals surface area (Å²) < 4.78 is 59.9. The van der Waals surface area contributed by atoms with Crippen molar-refractivity contribution in [2.45, 2.75) is 12.2 Å². The summed E-state index contributed by atoms with van der Waals surface area (Å²) >= 11 is 0. The first-order chi connectivity index (χ1) is 4.63. The molecule has 0 radical (unpaired) electrons. The van der Waals surface area contributed by atoms with E-state index in [1.54, 1.807) is 0 Å². The van der Waals surface area contributed by atoms with Crippen molar-refractivity contribution in [2.24, 2.45) is 0 Å². The van der Waals surface area contributed by atoms with Gasteiger partial charge in [-0.1, -0.05) is 0 Å². The van der Waals surface area contributed by atoms with E-state index in [1.807, 2.05) is 0 Å². The number of rotatable bonds is 3. The standard InChI is InChI=1S/C3H8O6S2.Ca.H2O/c1-3(11(7,8)9)2-10(4,5)6;;/h3H,2H2,1H3,(H,4,5,6)(H,7,8,9);;1H2/q;+2;/p-2. The molecule has 0 amide bonds. The first-order valence-corrected chi connectivity index (χ1v) is 5.56. The van der Waals surface area contributed by atoms with Crippen molar-refractivity contribution in [1.29, 1.82) is 0 Å². The minimum atomic E-state index is -4.67. The van der Waals surface area contributed by atoms with Crippen LogP contribution < -0.4 is 0 Å². The molecule has 76 valence electrons. The average molecular weight is 260 g/mol. The Labute approximate surface area is 106 Å². The molecule has 2 N–H and O–H groups in total. The molecule has 0 rings (SSSR count). The molecular weight excluding hydrogens is 252 g/mol. The van der Waals surface area contributed by atoms with Gasteiger partial charge in [0.05, 0.1) is 31.2 Å². The van der Waals surface area contributed by atoms with Gasteiger partial charge < -0.3 is 14.6 Å². The van der Waals surface area contributed by atoms with Crippen LogP contribution in [0.5, 0.6) is 0 Å². The first kappa shape index (κ1) is 19.6. The molecule has 0 bridgehead atoms. The zero-order valence-electron chi connectivity index (χ0n) is 6.76. The van der Waals surface area contributed by atoms with E-state index in [-0.39, 0.29) is 43.2 Å². The summed E-state index contributed by atoms with van der Waals surface area (Å²) in [6, 6.07) is 0. The van der Waals surface area contributed by atoms with Crippen LogP contribution in [0, 0.1) is 0 Å². The molecule has 10 heteroatoms. The molecule has 0 aromatic carbocycles. The van der Waals surface area contributed by atoms with Gasteiger partial charge in [-0.15, -0.1) is 0 Å². The molecule has 0 fully saturated rings. The third-order valence-corrected chi connectivity index (χ3v) is 3.20. The third-order valence-electron chi connectivity index (χ3n) is 0.932. The molecule has 0 aliphatic carbocycles. The molecule has 1 unspecified atom stereocenters. The molecule has 0 saturated carbocycles. The van der Waals surface area contributed by atoms with E-state index >= 15 is 0 Å². The van der Waals surface area contributed by atoms with E-state index < -0.39 is 31.2 Å². The van der Waals surface area contributed by atoms with Crippen LogP contribution >= 0.6 is 0 Å². The smallest absolute Gasteiger partial charge is 0.748 e. The summed E-state index contributed by atoms with van der Waals surface area (Å²) in [6.45, 7) is 0.873. The van der Waals surface area contributed by atoms with E-state index in [0.717, 1.165) is 6.92 Å². The second-order valence-electron chi connectivity index (χ2n) is 2.03. The van der Waals surface area contributed by atoms with E-state index in [9.17, 15) is 25.9 Å². The minimum absolute atomic E-state index is 0. The predicted molar refractivity (Wildman–Crippen MR) is 43.1 cm³/mol. The summed E-state index contributed by atoms with van der Waals surface area (Å²) in [6.07, 6.45) is 0. The van der Waals surface area contributed by atoms with Gasteiger partial charge in [-0.25, -0.2) is 16.8 Å². The summed E-state index contributed by atoms with van der Waals surface area (Å²) in [5.41, 5.74) is 0. The van der Waals surface area contributed by atoms with Gasteiger partial charge in [-0.05, 0) is 6.92 Å². The molecule has 0 aliphatic heterocycles. The number of hydrogen-bond donors (Lipinski definition) is 0. The van der Waals surface area contributed by atoms with Crippen LogP contribution in [0.3, 0.4) is 0 Å². The normalized spacial score (nSPS) is 13.8. The Morgan fingerprint density at radius 1 is 1.15 bits per heavy atom. The van der Waals surface area contributed by atoms with Crippen LogP contribution in [-0.2, 0) is 20.2 Å². The van der Waals surface area contributed by atoms with Gasteiger partial charge in [-0.2, -0.15) is 0 Å². The van der Waals surface area contributed by atoms with Crippen LogP contribution in [-0.4, -0.2) is 80.2 Å². The average Bonchev–Trinajstić information content (AvgIpc) is 1.56. The molecule has 1 atom stereocenters. The SMILES string of the molecule is CC(CS(=O)(=O)[O-])S(=O)(=O)[O-].O.[Ca+2]. The van der Waals surface area contributed by atoms with Crippen LogP contribution in [0.4, 0.5) is 0 Å². The maximum absolute atomic E-state index is 10.1. The molecule has 7 nitrogen and oxygen atoms in total. The van der Waals surface area contributed by atoms with E-state index in [0.29, 0.717) is 0 Å². The number of hydrogen-bond acceptors (Lipinski definition) is 6. The Bertz CT molecular complexity index is 316. The van der Waals surface area contributed by atoms with Gasteiger partial charge in [0.15, 0.2) is 0 Å². The van der Waals surface area contributed by atoms with E-state index in [4.69, 9.17) is 0 Å². The van der Waals surface area contributed by atoms with Crippen molar-refractivity contribution in [3.05, 3.63) is 0 Å². The Hall–Kier alpha value is 1.04. The van der Waals surface area contributed by atoms with Gasteiger partial charge in [0, 0.05) is 0 Å². The summed E-state index contributed by atoms with van der Waals surface area (Å²) in [4.78, 5) is 0. The fraction of sp³-hybridized carbons (Fsp3) is 1.00. The molecule has 13 heavy (non-hydrogen) atoms. The molecule has 0 aliphatic rings. The van der Waals surface area contributed by atoms with Gasteiger partial charge in [-0.3, -0.25) is 0 Å². The van der Waals surface area contributed by atoms with Crippen LogP contribution in [0.1, 0.15) is 6.92 Å². The maximum atomic E-state index is 10.1. The van der Waals surface area contributed by atoms with Gasteiger partial charge in [0.2, 0.25) is 0 Å². The van der Waals surface area contributed by atoms with E-state index in [1.165, 1.54) is 0 Å². The second-order valence-corrected chi connectivity index (χ2v) is 5.27. The van der Waals surface area contributed by atoms with Crippen LogP contribution in [0.2, 0.25) is 0 Å². The Morgan fingerprint density at radius 3 is 1.54 bits per heavy atom. The Morgan fingerprint density at radius 2 is 1.46 bits per heavy atom. The van der Waals surface area contributed by atoms with Crippen molar-refractivity contribution in [3.8, 4) is 0 Å². The Balaban J connectivity index is -0.000000500. The summed E-state index contributed by atoms with van der Waals surface area (Å²) in [5, 5.41) is -1.68. The molecule has 0 saturated heterocycles. The van der Waals surface area contributed by atoms with Crippen molar-refractivity contribution >= 4 is 58.0 Å². The maximum Gasteiger partial charge on any atom is 2.00 e. The summed E-state index contributed by atoms with van der Waals surface area (Å²) in [5.74, 6) is -1.17. The third kappa shape index (κ3) is 11.0.